The molecule has 0 N–H and O–H groups in total. The Morgan fingerprint density at radius 2 is 0.914 bits per heavy atom. The van der Waals surface area contributed by atoms with E-state index >= 15 is 0 Å². The van der Waals surface area contributed by atoms with Gasteiger partial charge in [-0.1, -0.05) is 168 Å². The van der Waals surface area contributed by atoms with Gasteiger partial charge in [0.2, 0.25) is 0 Å². The number of allylic oxidation sites excluding steroid dienone is 2. The molecule has 296 valence electrons. The number of benzene rings is 6. The molecule has 0 saturated heterocycles. The minimum Gasteiger partial charge on any atom is -0.310 e. The maximum absolute atomic E-state index is 2.66. The van der Waals surface area contributed by atoms with Crippen molar-refractivity contribution in [3.05, 3.63) is 203 Å². The minimum atomic E-state index is -0.748. The molecule has 6 aromatic rings. The second-order valence-corrected chi connectivity index (χ2v) is 16.1. The number of rotatable bonds is 16. The van der Waals surface area contributed by atoms with Gasteiger partial charge in [0, 0.05) is 17.3 Å². The van der Waals surface area contributed by atoms with Crippen molar-refractivity contribution in [3.8, 4) is 11.1 Å². The van der Waals surface area contributed by atoms with Gasteiger partial charge in [-0.2, -0.15) is 0 Å². The van der Waals surface area contributed by atoms with Crippen molar-refractivity contribution in [2.75, 3.05) is 9.80 Å². The lowest BCUT2D eigenvalue weighted by molar-refractivity contribution is 0.619. The topological polar surface area (TPSA) is 6.48 Å². The average molecular weight is 763 g/mol. The Morgan fingerprint density at radius 3 is 1.34 bits per heavy atom. The van der Waals surface area contributed by atoms with Crippen molar-refractivity contribution in [1.82, 2.24) is 0 Å². The molecule has 7 rings (SSSR count). The highest BCUT2D eigenvalue weighted by Gasteiger charge is 2.44. The van der Waals surface area contributed by atoms with Crippen LogP contribution in [0.2, 0.25) is 0 Å². The summed E-state index contributed by atoms with van der Waals surface area (Å²) in [5.74, 6) is 0.125. The lowest BCUT2D eigenvalue weighted by Gasteiger charge is -2.52. The zero-order valence-corrected chi connectivity index (χ0v) is 35.7. The van der Waals surface area contributed by atoms with Crippen LogP contribution in [-0.2, 0) is 25.7 Å². The van der Waals surface area contributed by atoms with E-state index in [0.717, 1.165) is 25.7 Å². The van der Waals surface area contributed by atoms with Crippen LogP contribution < -0.4 is 9.80 Å². The third kappa shape index (κ3) is 8.48. The molecular weight excluding hydrogens is 701 g/mol. The first-order chi connectivity index (χ1) is 28.4. The van der Waals surface area contributed by atoms with Crippen molar-refractivity contribution in [2.24, 2.45) is 0 Å². The van der Waals surface area contributed by atoms with E-state index in [1.54, 1.807) is 0 Å². The van der Waals surface area contributed by atoms with Gasteiger partial charge in [0.15, 0.2) is 5.66 Å². The highest BCUT2D eigenvalue weighted by molar-refractivity contribution is 5.83. The fourth-order valence-corrected chi connectivity index (χ4v) is 8.82. The molecule has 0 aliphatic heterocycles. The molecule has 58 heavy (non-hydrogen) atoms. The number of anilines is 4. The summed E-state index contributed by atoms with van der Waals surface area (Å²) in [6, 6.07) is 52.5. The molecular formula is C56H62N2. The van der Waals surface area contributed by atoms with E-state index in [9.17, 15) is 0 Å². The Balaban J connectivity index is 1.49. The van der Waals surface area contributed by atoms with E-state index in [2.05, 4.69) is 215 Å². The first kappa shape index (κ1) is 40.6. The van der Waals surface area contributed by atoms with E-state index < -0.39 is 5.66 Å². The summed E-state index contributed by atoms with van der Waals surface area (Å²) in [6.45, 7) is 13.7. The molecule has 0 spiro atoms. The Labute approximate surface area is 349 Å². The summed E-state index contributed by atoms with van der Waals surface area (Å²) in [5, 5.41) is 0. The molecule has 0 heterocycles. The van der Waals surface area contributed by atoms with Gasteiger partial charge in [0.1, 0.15) is 0 Å². The Morgan fingerprint density at radius 1 is 0.466 bits per heavy atom. The van der Waals surface area contributed by atoms with Crippen LogP contribution in [0, 0.1) is 13.8 Å². The molecule has 0 amide bonds. The van der Waals surface area contributed by atoms with Gasteiger partial charge in [-0.05, 0) is 139 Å². The molecule has 0 unspecified atom stereocenters. The van der Waals surface area contributed by atoms with Crippen LogP contribution in [0.25, 0.3) is 11.1 Å². The van der Waals surface area contributed by atoms with Gasteiger partial charge in [0.25, 0.3) is 0 Å². The van der Waals surface area contributed by atoms with Crippen molar-refractivity contribution in [2.45, 2.75) is 104 Å². The summed E-state index contributed by atoms with van der Waals surface area (Å²) in [4.78, 5) is 5.31. The largest absolute Gasteiger partial charge is 0.310 e. The molecule has 0 radical (unpaired) electrons. The van der Waals surface area contributed by atoms with Crippen molar-refractivity contribution in [1.29, 1.82) is 0 Å². The molecule has 0 aromatic heterocycles. The number of nitrogens with zero attached hydrogens (tertiary/aromatic N) is 2. The van der Waals surface area contributed by atoms with Crippen LogP contribution in [0.5, 0.6) is 0 Å². The van der Waals surface area contributed by atoms with Gasteiger partial charge in [-0.15, -0.1) is 0 Å². The number of unbranched alkanes of at least 4 members (excludes halogenated alkanes) is 2. The van der Waals surface area contributed by atoms with Crippen LogP contribution in [0.4, 0.5) is 22.7 Å². The Hall–Kier alpha value is -5.60. The lowest BCUT2D eigenvalue weighted by atomic mass is 9.85. The molecule has 1 aliphatic carbocycles. The first-order valence-electron chi connectivity index (χ1n) is 21.9. The molecule has 0 bridgehead atoms. The Kier molecular flexibility index (Phi) is 13.1. The van der Waals surface area contributed by atoms with E-state index in [1.165, 1.54) is 98.5 Å². The van der Waals surface area contributed by atoms with Gasteiger partial charge >= 0.3 is 0 Å². The molecule has 2 nitrogen and oxygen atoms in total. The van der Waals surface area contributed by atoms with Crippen LogP contribution in [0.15, 0.2) is 164 Å². The quantitative estimate of drug-likeness (QED) is 0.0716. The van der Waals surface area contributed by atoms with Gasteiger partial charge in [-0.3, -0.25) is 0 Å². The predicted octanol–water partition coefficient (Wildman–Crippen LogP) is 15.4. The van der Waals surface area contributed by atoms with E-state index in [0.29, 0.717) is 0 Å². The minimum absolute atomic E-state index is 0.125. The fourth-order valence-electron chi connectivity index (χ4n) is 8.82. The lowest BCUT2D eigenvalue weighted by Crippen LogP contribution is -2.57. The standard InChI is InChI=1S/C56H62N2/c1-7-11-20-44-26-34-52(35-27-44)57(54-42(5)18-16-24-46(54)9-3)56(40-38-51(39-41-56)50-32-30-49(31-33-50)48-22-14-13-15-23-48)58(55-43(6)19-17-25-47(55)10-4)53-36-28-45(29-37-53)21-12-8-2/h13-19,22-41,51H,7-12,20-21H2,1-6H3. The summed E-state index contributed by atoms with van der Waals surface area (Å²) in [7, 11) is 0. The first-order valence-corrected chi connectivity index (χ1v) is 21.9. The van der Waals surface area contributed by atoms with Crippen LogP contribution in [0.3, 0.4) is 0 Å². The van der Waals surface area contributed by atoms with Crippen molar-refractivity contribution >= 4 is 22.7 Å². The zero-order valence-electron chi connectivity index (χ0n) is 35.7. The summed E-state index contributed by atoms with van der Waals surface area (Å²) in [5.41, 5.74) is 15.9. The van der Waals surface area contributed by atoms with Gasteiger partial charge in [-0.25, -0.2) is 0 Å². The zero-order chi connectivity index (χ0) is 40.5. The Bertz CT molecular complexity index is 2170. The van der Waals surface area contributed by atoms with Crippen molar-refractivity contribution in [3.63, 3.8) is 0 Å². The maximum atomic E-state index is 2.66. The number of aryl methyl sites for hydroxylation is 6. The number of hydrogen-bond donors (Lipinski definition) is 0. The van der Waals surface area contributed by atoms with Gasteiger partial charge in [0.05, 0.1) is 11.4 Å². The molecule has 0 saturated carbocycles. The van der Waals surface area contributed by atoms with Crippen LogP contribution >= 0.6 is 0 Å². The third-order valence-electron chi connectivity index (χ3n) is 12.1. The third-order valence-corrected chi connectivity index (χ3v) is 12.1. The average Bonchev–Trinajstić information content (AvgIpc) is 3.27. The van der Waals surface area contributed by atoms with E-state index in [1.807, 2.05) is 0 Å². The molecule has 2 heteroatoms. The highest BCUT2D eigenvalue weighted by atomic mass is 15.4. The maximum Gasteiger partial charge on any atom is 0.160 e. The van der Waals surface area contributed by atoms with Crippen LogP contribution in [-0.4, -0.2) is 5.66 Å². The summed E-state index contributed by atoms with van der Waals surface area (Å²) in [6.07, 6.45) is 18.7. The molecule has 0 fully saturated rings. The second kappa shape index (κ2) is 18.8. The highest BCUT2D eigenvalue weighted by Crippen LogP contribution is 2.49. The number of para-hydroxylation sites is 2. The molecule has 0 atom stereocenters. The van der Waals surface area contributed by atoms with Gasteiger partial charge < -0.3 is 9.80 Å². The predicted molar refractivity (Wildman–Crippen MR) is 251 cm³/mol. The second-order valence-electron chi connectivity index (χ2n) is 16.1. The SMILES string of the molecule is CCCCc1ccc(N(c2c(C)cccc2CC)C2(N(c3ccc(CCCC)cc3)c3c(C)cccc3CC)C=CC(c3ccc(-c4ccccc4)cc3)C=C2)cc1. The van der Waals surface area contributed by atoms with E-state index in [4.69, 9.17) is 0 Å². The summed E-state index contributed by atoms with van der Waals surface area (Å²) < 4.78 is 0. The van der Waals surface area contributed by atoms with Crippen LogP contribution in [0.1, 0.15) is 98.2 Å². The summed E-state index contributed by atoms with van der Waals surface area (Å²) >= 11 is 0. The molecule has 1 aliphatic rings. The van der Waals surface area contributed by atoms with Crippen molar-refractivity contribution < 1.29 is 0 Å². The monoisotopic (exact) mass is 762 g/mol. The fraction of sp³-hybridized carbons (Fsp3) is 0.286. The smallest absolute Gasteiger partial charge is 0.160 e. The van der Waals surface area contributed by atoms with E-state index in [-0.39, 0.29) is 5.92 Å². The molecule has 6 aromatic carbocycles. The number of hydrogen-bond acceptors (Lipinski definition) is 2. The normalized spacial score (nSPS) is 13.5.